The molecule has 3 aromatic rings. The molecule has 3 rings (SSSR count). The van der Waals surface area contributed by atoms with E-state index in [2.05, 4.69) is 14.4 Å². The number of nitrogens with zero attached hydrogens (tertiary/aromatic N) is 2. The Bertz CT molecular complexity index is 1080. The number of halogens is 1. The monoisotopic (exact) mass is 461 g/mol. The zero-order valence-electron chi connectivity index (χ0n) is 17.1. The second-order valence-electron chi connectivity index (χ2n) is 7.00. The van der Waals surface area contributed by atoms with Gasteiger partial charge in [-0.25, -0.2) is 18.1 Å². The molecule has 0 saturated carbocycles. The number of aryl methyl sites for hydroxylation is 1. The summed E-state index contributed by atoms with van der Waals surface area (Å²) in [6, 6.07) is 13.7. The number of imidazole rings is 1. The number of ether oxygens (including phenoxy) is 1. The smallest absolute Gasteiger partial charge is 0.305 e. The second-order valence-corrected chi connectivity index (χ2v) is 9.21. The van der Waals surface area contributed by atoms with Crippen molar-refractivity contribution >= 4 is 27.6 Å². The lowest BCUT2D eigenvalue weighted by Gasteiger charge is -2.20. The molecule has 164 valence electrons. The highest BCUT2D eigenvalue weighted by molar-refractivity contribution is 7.89. The highest BCUT2D eigenvalue weighted by Crippen LogP contribution is 2.21. The summed E-state index contributed by atoms with van der Waals surface area (Å²) in [5, 5.41) is 0.474. The SMILES string of the molecule is COC(=O)CCCc1ccc(C(CNS(=O)(=O)c2ccc(Cl)cc2)n2ccnc2)cc1. The lowest BCUT2D eigenvalue weighted by molar-refractivity contribution is -0.140. The van der Waals surface area contributed by atoms with Gasteiger partial charge in [-0.05, 0) is 48.2 Å². The molecule has 2 aromatic carbocycles. The highest BCUT2D eigenvalue weighted by atomic mass is 35.5. The van der Waals surface area contributed by atoms with Gasteiger partial charge >= 0.3 is 5.97 Å². The van der Waals surface area contributed by atoms with E-state index < -0.39 is 10.0 Å². The molecule has 1 N–H and O–H groups in total. The van der Waals surface area contributed by atoms with Gasteiger partial charge in [-0.15, -0.1) is 0 Å². The Morgan fingerprint density at radius 2 is 1.87 bits per heavy atom. The first-order valence-corrected chi connectivity index (χ1v) is 11.6. The van der Waals surface area contributed by atoms with Gasteiger partial charge in [0, 0.05) is 30.4 Å². The second kappa shape index (κ2) is 10.6. The molecule has 0 aliphatic rings. The molecule has 0 spiro atoms. The summed E-state index contributed by atoms with van der Waals surface area (Å²) >= 11 is 5.86. The van der Waals surface area contributed by atoms with Crippen molar-refractivity contribution in [3.05, 3.63) is 83.4 Å². The number of carbonyl (C=O) groups is 1. The molecular weight excluding hydrogens is 438 g/mol. The van der Waals surface area contributed by atoms with E-state index in [9.17, 15) is 13.2 Å². The highest BCUT2D eigenvalue weighted by Gasteiger charge is 2.19. The van der Waals surface area contributed by atoms with Crippen LogP contribution < -0.4 is 4.72 Å². The molecule has 7 nitrogen and oxygen atoms in total. The van der Waals surface area contributed by atoms with E-state index in [0.717, 1.165) is 17.5 Å². The third-order valence-electron chi connectivity index (χ3n) is 4.91. The van der Waals surface area contributed by atoms with E-state index in [1.165, 1.54) is 19.2 Å². The van der Waals surface area contributed by atoms with Gasteiger partial charge in [0.2, 0.25) is 10.0 Å². The third-order valence-corrected chi connectivity index (χ3v) is 6.61. The average Bonchev–Trinajstić information content (AvgIpc) is 3.29. The molecule has 0 saturated heterocycles. The molecule has 9 heteroatoms. The fourth-order valence-corrected chi connectivity index (χ4v) is 4.34. The first kappa shape index (κ1) is 23.0. The van der Waals surface area contributed by atoms with Crippen LogP contribution in [0.2, 0.25) is 5.02 Å². The normalized spacial score (nSPS) is 12.5. The molecule has 1 unspecified atom stereocenters. The molecule has 0 aliphatic carbocycles. The third kappa shape index (κ3) is 6.40. The Kier molecular flexibility index (Phi) is 7.84. The zero-order chi connectivity index (χ0) is 22.3. The van der Waals surface area contributed by atoms with E-state index in [1.54, 1.807) is 30.9 Å². The van der Waals surface area contributed by atoms with E-state index >= 15 is 0 Å². The van der Waals surface area contributed by atoms with Gasteiger partial charge in [-0.2, -0.15) is 0 Å². The van der Waals surface area contributed by atoms with Gasteiger partial charge < -0.3 is 9.30 Å². The predicted molar refractivity (Wildman–Crippen MR) is 118 cm³/mol. The number of esters is 1. The van der Waals surface area contributed by atoms with E-state index in [0.29, 0.717) is 17.9 Å². The van der Waals surface area contributed by atoms with Crippen LogP contribution >= 0.6 is 11.6 Å². The fourth-order valence-electron chi connectivity index (χ4n) is 3.18. The van der Waals surface area contributed by atoms with Gasteiger partial charge in [0.15, 0.2) is 0 Å². The minimum atomic E-state index is -3.69. The number of nitrogens with one attached hydrogen (secondary N) is 1. The number of methoxy groups -OCH3 is 1. The molecule has 1 heterocycles. The van der Waals surface area contributed by atoms with Gasteiger partial charge in [-0.1, -0.05) is 35.9 Å². The van der Waals surface area contributed by atoms with Crippen LogP contribution in [0.15, 0.2) is 72.1 Å². The summed E-state index contributed by atoms with van der Waals surface area (Å²) < 4.78 is 34.6. The van der Waals surface area contributed by atoms with E-state index in [-0.39, 0.29) is 23.5 Å². The maximum absolute atomic E-state index is 12.7. The number of aromatic nitrogens is 2. The van der Waals surface area contributed by atoms with Crippen LogP contribution in [0, 0.1) is 0 Å². The molecule has 0 radical (unpaired) electrons. The van der Waals surface area contributed by atoms with Crippen LogP contribution in [0.3, 0.4) is 0 Å². The maximum atomic E-state index is 12.7. The molecule has 0 aliphatic heterocycles. The van der Waals surface area contributed by atoms with Crippen LogP contribution in [-0.4, -0.2) is 37.6 Å². The Morgan fingerprint density at radius 1 is 1.16 bits per heavy atom. The first-order valence-electron chi connectivity index (χ1n) is 9.77. The standard InChI is InChI=1S/C22H24ClN3O4S/c1-30-22(27)4-2-3-17-5-7-18(8-6-17)21(26-14-13-24-16-26)15-25-31(28,29)20-11-9-19(23)10-12-20/h5-14,16,21,25H,2-4,15H2,1H3. The molecule has 0 bridgehead atoms. The number of rotatable bonds is 10. The minimum Gasteiger partial charge on any atom is -0.469 e. The van der Waals surface area contributed by atoms with Crippen molar-refractivity contribution in [3.63, 3.8) is 0 Å². The zero-order valence-corrected chi connectivity index (χ0v) is 18.6. The summed E-state index contributed by atoms with van der Waals surface area (Å²) in [6.45, 7) is 0.156. The minimum absolute atomic E-state index is 0.155. The number of benzene rings is 2. The Labute approximate surface area is 187 Å². The van der Waals surface area contributed by atoms with Crippen molar-refractivity contribution < 1.29 is 17.9 Å². The fraction of sp³-hybridized carbons (Fsp3) is 0.273. The van der Waals surface area contributed by atoms with Gasteiger partial charge in [-0.3, -0.25) is 4.79 Å². The maximum Gasteiger partial charge on any atom is 0.305 e. The molecule has 0 amide bonds. The van der Waals surface area contributed by atoms with E-state index in [4.69, 9.17) is 11.6 Å². The molecule has 1 atom stereocenters. The summed E-state index contributed by atoms with van der Waals surface area (Å²) in [5.74, 6) is -0.218. The summed E-state index contributed by atoms with van der Waals surface area (Å²) in [5.41, 5.74) is 2.03. The lowest BCUT2D eigenvalue weighted by atomic mass is 10.0. The van der Waals surface area contributed by atoms with Crippen molar-refractivity contribution in [2.24, 2.45) is 0 Å². The first-order chi connectivity index (χ1) is 14.9. The number of carbonyl (C=O) groups excluding carboxylic acids is 1. The van der Waals surface area contributed by atoms with Crippen LogP contribution in [-0.2, 0) is 26.0 Å². The van der Waals surface area contributed by atoms with Crippen LogP contribution in [0.1, 0.15) is 30.0 Å². The number of hydrogen-bond acceptors (Lipinski definition) is 5. The van der Waals surface area contributed by atoms with Crippen molar-refractivity contribution in [3.8, 4) is 0 Å². The van der Waals surface area contributed by atoms with Crippen LogP contribution in [0.4, 0.5) is 0 Å². The predicted octanol–water partition coefficient (Wildman–Crippen LogP) is 3.60. The molecule has 0 fully saturated rings. The largest absolute Gasteiger partial charge is 0.469 e. The van der Waals surface area contributed by atoms with Crippen LogP contribution in [0.5, 0.6) is 0 Å². The van der Waals surface area contributed by atoms with Crippen molar-refractivity contribution in [1.29, 1.82) is 0 Å². The molecule has 1 aromatic heterocycles. The average molecular weight is 462 g/mol. The topological polar surface area (TPSA) is 90.3 Å². The van der Waals surface area contributed by atoms with Crippen LogP contribution in [0.25, 0.3) is 0 Å². The summed E-state index contributed by atoms with van der Waals surface area (Å²) in [7, 11) is -2.30. The number of sulfonamides is 1. The lowest BCUT2D eigenvalue weighted by Crippen LogP contribution is -2.31. The summed E-state index contributed by atoms with van der Waals surface area (Å²) in [4.78, 5) is 15.5. The molecule has 31 heavy (non-hydrogen) atoms. The number of hydrogen-bond donors (Lipinski definition) is 1. The Morgan fingerprint density at radius 3 is 2.48 bits per heavy atom. The Hall–Kier alpha value is -2.68. The van der Waals surface area contributed by atoms with Crippen molar-refractivity contribution in [2.75, 3.05) is 13.7 Å². The Balaban J connectivity index is 1.71. The van der Waals surface area contributed by atoms with E-state index in [1.807, 2.05) is 28.8 Å². The van der Waals surface area contributed by atoms with Gasteiger partial charge in [0.05, 0.1) is 24.4 Å². The molecular formula is C22H24ClN3O4S. The van der Waals surface area contributed by atoms with Gasteiger partial charge in [0.1, 0.15) is 0 Å². The van der Waals surface area contributed by atoms with Gasteiger partial charge in [0.25, 0.3) is 0 Å². The summed E-state index contributed by atoms with van der Waals surface area (Å²) in [6.07, 6.45) is 6.95. The van der Waals surface area contributed by atoms with Crippen molar-refractivity contribution in [2.45, 2.75) is 30.2 Å². The van der Waals surface area contributed by atoms with Crippen molar-refractivity contribution in [1.82, 2.24) is 14.3 Å². The quantitative estimate of drug-likeness (QED) is 0.466.